The molecule has 0 aliphatic heterocycles. The van der Waals surface area contributed by atoms with Gasteiger partial charge in [0.25, 0.3) is 5.91 Å². The first-order chi connectivity index (χ1) is 7.00. The van der Waals surface area contributed by atoms with E-state index in [2.05, 4.69) is 15.3 Å². The lowest BCUT2D eigenvalue weighted by Gasteiger charge is -2.08. The Kier molecular flexibility index (Phi) is 3.33. The second-order valence-corrected chi connectivity index (χ2v) is 3.05. The molecule has 2 N–H and O–H groups in total. The molecule has 80 valence electrons. The van der Waals surface area contributed by atoms with Gasteiger partial charge in [0.05, 0.1) is 5.56 Å². The minimum atomic E-state index is -1.09. The van der Waals surface area contributed by atoms with Gasteiger partial charge in [-0.2, -0.15) is 0 Å². The summed E-state index contributed by atoms with van der Waals surface area (Å²) in [5.41, 5.74) is 0.244. The molecule has 0 aliphatic carbocycles. The summed E-state index contributed by atoms with van der Waals surface area (Å²) in [7, 11) is 0. The highest BCUT2D eigenvalue weighted by Crippen LogP contribution is 1.96. The summed E-state index contributed by atoms with van der Waals surface area (Å²) in [4.78, 5) is 29.6. The average molecular weight is 209 g/mol. The molecular formula is C9H11N3O3. The predicted octanol–water partition coefficient (Wildman–Crippen LogP) is -0.0121. The Bertz CT molecular complexity index is 375. The van der Waals surface area contributed by atoms with Crippen molar-refractivity contribution in [3.8, 4) is 0 Å². The molecular weight excluding hydrogens is 198 g/mol. The fourth-order valence-corrected chi connectivity index (χ4v) is 0.852. The number of aryl methyl sites for hydroxylation is 1. The van der Waals surface area contributed by atoms with Gasteiger partial charge in [0.15, 0.2) is 0 Å². The summed E-state index contributed by atoms with van der Waals surface area (Å²) in [5, 5.41) is 10.9. The lowest BCUT2D eigenvalue weighted by Crippen LogP contribution is -2.38. The molecule has 0 radical (unpaired) electrons. The molecule has 0 bridgehead atoms. The van der Waals surface area contributed by atoms with Crippen molar-refractivity contribution < 1.29 is 14.7 Å². The van der Waals surface area contributed by atoms with Gasteiger partial charge in [-0.1, -0.05) is 0 Å². The van der Waals surface area contributed by atoms with Crippen LogP contribution < -0.4 is 5.32 Å². The van der Waals surface area contributed by atoms with E-state index in [-0.39, 0.29) is 5.56 Å². The number of hydrogen-bond acceptors (Lipinski definition) is 4. The molecule has 6 nitrogen and oxygen atoms in total. The Labute approximate surface area is 86.4 Å². The van der Waals surface area contributed by atoms with Crippen LogP contribution in [0.25, 0.3) is 0 Å². The number of nitrogens with one attached hydrogen (secondary N) is 1. The number of rotatable bonds is 3. The van der Waals surface area contributed by atoms with Crippen LogP contribution in [0.1, 0.15) is 23.1 Å². The lowest BCUT2D eigenvalue weighted by molar-refractivity contribution is -0.138. The summed E-state index contributed by atoms with van der Waals surface area (Å²) >= 11 is 0. The van der Waals surface area contributed by atoms with Gasteiger partial charge in [-0.05, 0) is 13.8 Å². The molecule has 0 fully saturated rings. The number of carbonyl (C=O) groups excluding carboxylic acids is 1. The van der Waals surface area contributed by atoms with Gasteiger partial charge >= 0.3 is 5.97 Å². The van der Waals surface area contributed by atoms with Crippen molar-refractivity contribution >= 4 is 11.9 Å². The smallest absolute Gasteiger partial charge is 0.325 e. The first kappa shape index (κ1) is 11.1. The fourth-order valence-electron chi connectivity index (χ4n) is 0.852. The standard InChI is InChI=1S/C9H11N3O3/c1-5(9(14)15)12-8(13)7-3-10-6(2)11-4-7/h3-5H,1-2H3,(H,12,13)(H,14,15)/t5-/m0/s1. The molecule has 0 unspecified atom stereocenters. The van der Waals surface area contributed by atoms with Crippen molar-refractivity contribution in [2.75, 3.05) is 0 Å². The van der Waals surface area contributed by atoms with Crippen molar-refractivity contribution in [2.24, 2.45) is 0 Å². The van der Waals surface area contributed by atoms with Crippen LogP contribution >= 0.6 is 0 Å². The number of aromatic nitrogens is 2. The van der Waals surface area contributed by atoms with Gasteiger partial charge in [-0.3, -0.25) is 9.59 Å². The van der Waals surface area contributed by atoms with E-state index in [1.807, 2.05) is 0 Å². The zero-order chi connectivity index (χ0) is 11.4. The summed E-state index contributed by atoms with van der Waals surface area (Å²) in [6.45, 7) is 3.08. The van der Waals surface area contributed by atoms with Crippen molar-refractivity contribution in [1.29, 1.82) is 0 Å². The van der Waals surface area contributed by atoms with Gasteiger partial charge in [0.1, 0.15) is 11.9 Å². The lowest BCUT2D eigenvalue weighted by atomic mass is 10.3. The van der Waals surface area contributed by atoms with Crippen LogP contribution in [0.2, 0.25) is 0 Å². The molecule has 1 amide bonds. The Hall–Kier alpha value is -1.98. The van der Waals surface area contributed by atoms with Crippen LogP contribution in [0, 0.1) is 6.92 Å². The minimum Gasteiger partial charge on any atom is -0.480 e. The van der Waals surface area contributed by atoms with Gasteiger partial charge in [0, 0.05) is 12.4 Å². The summed E-state index contributed by atoms with van der Waals surface area (Å²) < 4.78 is 0. The van der Waals surface area contributed by atoms with E-state index in [1.165, 1.54) is 19.3 Å². The molecule has 1 aromatic heterocycles. The second-order valence-electron chi connectivity index (χ2n) is 3.05. The van der Waals surface area contributed by atoms with Crippen LogP contribution in [0.4, 0.5) is 0 Å². The Balaban J connectivity index is 2.69. The molecule has 0 aliphatic rings. The fraction of sp³-hybridized carbons (Fsp3) is 0.333. The second kappa shape index (κ2) is 4.50. The number of amides is 1. The van der Waals surface area contributed by atoms with Crippen LogP contribution in [-0.4, -0.2) is 33.0 Å². The number of carboxylic acids is 1. The predicted molar refractivity (Wildman–Crippen MR) is 51.3 cm³/mol. The van der Waals surface area contributed by atoms with Crippen molar-refractivity contribution in [1.82, 2.24) is 15.3 Å². The molecule has 1 aromatic rings. The van der Waals surface area contributed by atoms with E-state index in [1.54, 1.807) is 6.92 Å². The quantitative estimate of drug-likeness (QED) is 0.730. The number of carboxylic acid groups (broad SMARTS) is 1. The highest BCUT2D eigenvalue weighted by atomic mass is 16.4. The third-order valence-corrected chi connectivity index (χ3v) is 1.76. The highest BCUT2D eigenvalue weighted by molar-refractivity contribution is 5.95. The first-order valence-electron chi connectivity index (χ1n) is 4.33. The van der Waals surface area contributed by atoms with Gasteiger partial charge in [-0.15, -0.1) is 0 Å². The molecule has 6 heteroatoms. The van der Waals surface area contributed by atoms with Crippen LogP contribution in [0.5, 0.6) is 0 Å². The van der Waals surface area contributed by atoms with Crippen LogP contribution in [0.15, 0.2) is 12.4 Å². The third kappa shape index (κ3) is 3.01. The Morgan fingerprint density at radius 1 is 1.40 bits per heavy atom. The van der Waals surface area contributed by atoms with E-state index in [4.69, 9.17) is 5.11 Å². The molecule has 0 saturated carbocycles. The van der Waals surface area contributed by atoms with E-state index in [0.717, 1.165) is 0 Å². The normalized spacial score (nSPS) is 11.9. The Morgan fingerprint density at radius 2 is 1.93 bits per heavy atom. The molecule has 1 heterocycles. The maximum absolute atomic E-state index is 11.4. The SMILES string of the molecule is Cc1ncc(C(=O)N[C@@H](C)C(=O)O)cn1. The number of aliphatic carboxylic acids is 1. The van der Waals surface area contributed by atoms with Crippen LogP contribution in [-0.2, 0) is 4.79 Å². The van der Waals surface area contributed by atoms with E-state index in [9.17, 15) is 9.59 Å². The number of hydrogen-bond donors (Lipinski definition) is 2. The van der Waals surface area contributed by atoms with Gasteiger partial charge in [0.2, 0.25) is 0 Å². The number of nitrogens with zero attached hydrogens (tertiary/aromatic N) is 2. The van der Waals surface area contributed by atoms with E-state index < -0.39 is 17.9 Å². The summed E-state index contributed by atoms with van der Waals surface area (Å²) in [6, 6.07) is -0.932. The Morgan fingerprint density at radius 3 is 2.40 bits per heavy atom. The minimum absolute atomic E-state index is 0.244. The van der Waals surface area contributed by atoms with E-state index in [0.29, 0.717) is 5.82 Å². The summed E-state index contributed by atoms with van der Waals surface area (Å²) in [5.74, 6) is -1.03. The van der Waals surface area contributed by atoms with E-state index >= 15 is 0 Å². The monoisotopic (exact) mass is 209 g/mol. The van der Waals surface area contributed by atoms with Crippen molar-refractivity contribution in [2.45, 2.75) is 19.9 Å². The average Bonchev–Trinajstić information content (AvgIpc) is 2.18. The van der Waals surface area contributed by atoms with Crippen molar-refractivity contribution in [3.05, 3.63) is 23.8 Å². The zero-order valence-corrected chi connectivity index (χ0v) is 8.39. The number of carbonyl (C=O) groups is 2. The zero-order valence-electron chi connectivity index (χ0n) is 8.39. The maximum Gasteiger partial charge on any atom is 0.325 e. The largest absolute Gasteiger partial charge is 0.480 e. The molecule has 0 aromatic carbocycles. The van der Waals surface area contributed by atoms with Crippen LogP contribution in [0.3, 0.4) is 0 Å². The molecule has 1 rings (SSSR count). The topological polar surface area (TPSA) is 92.2 Å². The van der Waals surface area contributed by atoms with Crippen molar-refractivity contribution in [3.63, 3.8) is 0 Å². The summed E-state index contributed by atoms with van der Waals surface area (Å²) in [6.07, 6.45) is 2.71. The molecule has 1 atom stereocenters. The van der Waals surface area contributed by atoms with Gasteiger partial charge in [-0.25, -0.2) is 9.97 Å². The third-order valence-electron chi connectivity index (χ3n) is 1.76. The first-order valence-corrected chi connectivity index (χ1v) is 4.33. The molecule has 0 saturated heterocycles. The molecule has 15 heavy (non-hydrogen) atoms. The molecule has 0 spiro atoms. The highest BCUT2D eigenvalue weighted by Gasteiger charge is 2.15. The van der Waals surface area contributed by atoms with Gasteiger partial charge < -0.3 is 10.4 Å². The maximum atomic E-state index is 11.4.